The van der Waals surface area contributed by atoms with Crippen LogP contribution in [0.25, 0.3) is 11.0 Å². The molecule has 10 heteroatoms. The van der Waals surface area contributed by atoms with Crippen LogP contribution in [0.1, 0.15) is 66.9 Å². The maximum absolute atomic E-state index is 13.7. The maximum atomic E-state index is 13.7. The second kappa shape index (κ2) is 7.65. The van der Waals surface area contributed by atoms with E-state index >= 15 is 0 Å². The Hall–Kier alpha value is -2.91. The van der Waals surface area contributed by atoms with Gasteiger partial charge in [0.1, 0.15) is 6.54 Å². The standard InChI is InChI=1S/C21H25F3N6O/c1-5-29-13(4)15(9-25-29)11(2)26-18(31)10-30-20-19(12(3)28-30)16(21(22,23)24)8-17(27-20)14-6-7-14/h8-9,11,14H,5-7,10H2,1-4H3,(H,26,31)/t11-/m1/s1. The Morgan fingerprint density at radius 1 is 1.29 bits per heavy atom. The first-order valence-electron chi connectivity index (χ1n) is 10.4. The highest BCUT2D eigenvalue weighted by atomic mass is 19.4. The molecule has 0 bridgehead atoms. The van der Waals surface area contributed by atoms with Crippen LogP contribution in [0.3, 0.4) is 0 Å². The Balaban J connectivity index is 1.63. The van der Waals surface area contributed by atoms with Gasteiger partial charge < -0.3 is 5.32 Å². The minimum absolute atomic E-state index is 0.0427. The van der Waals surface area contributed by atoms with Gasteiger partial charge in [-0.3, -0.25) is 9.48 Å². The third kappa shape index (κ3) is 4.03. The van der Waals surface area contributed by atoms with Crippen LogP contribution >= 0.6 is 0 Å². The third-order valence-electron chi connectivity index (χ3n) is 5.78. The molecule has 166 valence electrons. The number of alkyl halides is 3. The molecule has 31 heavy (non-hydrogen) atoms. The highest BCUT2D eigenvalue weighted by molar-refractivity contribution is 5.85. The van der Waals surface area contributed by atoms with Crippen molar-refractivity contribution in [2.24, 2.45) is 0 Å². The molecular weight excluding hydrogens is 409 g/mol. The molecule has 1 saturated carbocycles. The van der Waals surface area contributed by atoms with E-state index in [0.29, 0.717) is 5.69 Å². The second-order valence-corrected chi connectivity index (χ2v) is 8.10. The Kier molecular flexibility index (Phi) is 5.26. The molecule has 0 saturated heterocycles. The summed E-state index contributed by atoms with van der Waals surface area (Å²) >= 11 is 0. The van der Waals surface area contributed by atoms with Gasteiger partial charge in [-0.05, 0) is 46.6 Å². The summed E-state index contributed by atoms with van der Waals surface area (Å²) in [7, 11) is 0. The number of carbonyl (C=O) groups is 1. The van der Waals surface area contributed by atoms with Gasteiger partial charge in [0.25, 0.3) is 0 Å². The summed E-state index contributed by atoms with van der Waals surface area (Å²) in [5.41, 5.74) is 1.84. The van der Waals surface area contributed by atoms with E-state index < -0.39 is 11.7 Å². The van der Waals surface area contributed by atoms with Gasteiger partial charge in [-0.2, -0.15) is 23.4 Å². The minimum Gasteiger partial charge on any atom is -0.348 e. The van der Waals surface area contributed by atoms with Crippen LogP contribution < -0.4 is 5.32 Å². The first kappa shape index (κ1) is 21.3. The number of amides is 1. The quantitative estimate of drug-likeness (QED) is 0.635. The summed E-state index contributed by atoms with van der Waals surface area (Å²) in [6.07, 6.45) is -1.15. The number of hydrogen-bond acceptors (Lipinski definition) is 4. The van der Waals surface area contributed by atoms with E-state index in [9.17, 15) is 18.0 Å². The molecule has 0 spiro atoms. The molecule has 1 fully saturated rings. The van der Waals surface area contributed by atoms with Crippen LogP contribution in [0.5, 0.6) is 0 Å². The average Bonchev–Trinajstić information content (AvgIpc) is 3.41. The second-order valence-electron chi connectivity index (χ2n) is 8.10. The molecule has 3 heterocycles. The van der Waals surface area contributed by atoms with Gasteiger partial charge in [0.15, 0.2) is 5.65 Å². The number of pyridine rings is 1. The molecule has 0 unspecified atom stereocenters. The van der Waals surface area contributed by atoms with Crippen LogP contribution in [0.4, 0.5) is 13.2 Å². The van der Waals surface area contributed by atoms with Crippen molar-refractivity contribution < 1.29 is 18.0 Å². The van der Waals surface area contributed by atoms with Gasteiger partial charge in [-0.15, -0.1) is 0 Å². The van der Waals surface area contributed by atoms with Crippen molar-refractivity contribution in [3.63, 3.8) is 0 Å². The molecule has 1 aliphatic carbocycles. The molecule has 1 aliphatic rings. The lowest BCUT2D eigenvalue weighted by atomic mass is 10.1. The summed E-state index contributed by atoms with van der Waals surface area (Å²) in [5.74, 6) is -0.311. The first-order valence-corrected chi connectivity index (χ1v) is 10.4. The molecule has 0 aliphatic heterocycles. The van der Waals surface area contributed by atoms with E-state index in [1.807, 2.05) is 25.5 Å². The Morgan fingerprint density at radius 3 is 2.58 bits per heavy atom. The number of fused-ring (bicyclic) bond motifs is 1. The van der Waals surface area contributed by atoms with Gasteiger partial charge in [0.2, 0.25) is 5.91 Å². The summed E-state index contributed by atoms with van der Waals surface area (Å²) in [4.78, 5) is 17.2. The largest absolute Gasteiger partial charge is 0.417 e. The van der Waals surface area contributed by atoms with Crippen molar-refractivity contribution in [2.45, 2.75) is 71.8 Å². The summed E-state index contributed by atoms with van der Waals surface area (Å²) < 4.78 is 44.2. The van der Waals surface area contributed by atoms with Crippen molar-refractivity contribution in [1.82, 2.24) is 29.9 Å². The first-order chi connectivity index (χ1) is 14.6. The lowest BCUT2D eigenvalue weighted by Gasteiger charge is -2.14. The van der Waals surface area contributed by atoms with Gasteiger partial charge in [-0.1, -0.05) is 0 Å². The maximum Gasteiger partial charge on any atom is 0.417 e. The van der Waals surface area contributed by atoms with Crippen molar-refractivity contribution >= 4 is 16.9 Å². The van der Waals surface area contributed by atoms with Crippen LogP contribution in [-0.4, -0.2) is 30.5 Å². The normalized spacial score (nSPS) is 15.5. The van der Waals surface area contributed by atoms with Gasteiger partial charge in [0, 0.05) is 29.4 Å². The summed E-state index contributed by atoms with van der Waals surface area (Å²) in [6, 6.07) is 0.839. The number of halogens is 3. The average molecular weight is 434 g/mol. The Morgan fingerprint density at radius 2 is 2.00 bits per heavy atom. The van der Waals surface area contributed by atoms with E-state index in [4.69, 9.17) is 0 Å². The topological polar surface area (TPSA) is 77.6 Å². The van der Waals surface area contributed by atoms with E-state index in [2.05, 4.69) is 20.5 Å². The lowest BCUT2D eigenvalue weighted by molar-refractivity contribution is -0.136. The van der Waals surface area contributed by atoms with Crippen LogP contribution in [0.15, 0.2) is 12.3 Å². The molecule has 4 rings (SSSR count). The molecule has 7 nitrogen and oxygen atoms in total. The van der Waals surface area contributed by atoms with Crippen molar-refractivity contribution in [3.05, 3.63) is 40.5 Å². The zero-order valence-electron chi connectivity index (χ0n) is 17.9. The highest BCUT2D eigenvalue weighted by Gasteiger charge is 2.37. The summed E-state index contributed by atoms with van der Waals surface area (Å²) in [5, 5.41) is 11.3. The zero-order valence-corrected chi connectivity index (χ0v) is 17.9. The van der Waals surface area contributed by atoms with E-state index in [1.165, 1.54) is 11.6 Å². The van der Waals surface area contributed by atoms with Crippen molar-refractivity contribution in [3.8, 4) is 0 Å². The number of aryl methyl sites for hydroxylation is 2. The lowest BCUT2D eigenvalue weighted by Crippen LogP contribution is -2.30. The molecule has 1 amide bonds. The smallest absolute Gasteiger partial charge is 0.348 e. The molecule has 3 aromatic heterocycles. The van der Waals surface area contributed by atoms with E-state index in [1.54, 1.807) is 6.20 Å². The van der Waals surface area contributed by atoms with Crippen LogP contribution in [0.2, 0.25) is 0 Å². The molecule has 0 aromatic carbocycles. The van der Waals surface area contributed by atoms with E-state index in [-0.39, 0.29) is 41.1 Å². The SMILES string of the molecule is CCn1ncc([C@@H](C)NC(=O)Cn2nc(C)c3c(C(F)(F)F)cc(C4CC4)nc32)c1C. The third-order valence-corrected chi connectivity index (χ3v) is 5.78. The minimum atomic E-state index is -4.52. The molecule has 0 radical (unpaired) electrons. The predicted octanol–water partition coefficient (Wildman–Crippen LogP) is 4.04. The number of nitrogens with one attached hydrogen (secondary N) is 1. The van der Waals surface area contributed by atoms with Gasteiger partial charge >= 0.3 is 6.18 Å². The number of nitrogens with zero attached hydrogens (tertiary/aromatic N) is 5. The van der Waals surface area contributed by atoms with Gasteiger partial charge in [-0.25, -0.2) is 9.67 Å². The fourth-order valence-corrected chi connectivity index (χ4v) is 4.00. The zero-order chi connectivity index (χ0) is 22.5. The van der Waals surface area contributed by atoms with Crippen LogP contribution in [0, 0.1) is 13.8 Å². The summed E-state index contributed by atoms with van der Waals surface area (Å²) in [6.45, 7) is 7.78. The highest BCUT2D eigenvalue weighted by Crippen LogP contribution is 2.43. The molecule has 1 atom stereocenters. The van der Waals surface area contributed by atoms with Gasteiger partial charge in [0.05, 0.1) is 28.9 Å². The number of rotatable bonds is 6. The molecule has 1 N–H and O–H groups in total. The predicted molar refractivity (Wildman–Crippen MR) is 108 cm³/mol. The van der Waals surface area contributed by atoms with Crippen molar-refractivity contribution in [1.29, 1.82) is 0 Å². The Bertz CT molecular complexity index is 1140. The monoisotopic (exact) mass is 434 g/mol. The molecular formula is C21H25F3N6O. The number of aromatic nitrogens is 5. The number of carbonyl (C=O) groups excluding carboxylic acids is 1. The Labute approximate surface area is 177 Å². The fourth-order valence-electron chi connectivity index (χ4n) is 4.00. The number of hydrogen-bond donors (Lipinski definition) is 1. The van der Waals surface area contributed by atoms with E-state index in [0.717, 1.165) is 36.7 Å². The van der Waals surface area contributed by atoms with Crippen molar-refractivity contribution in [2.75, 3.05) is 0 Å². The fraction of sp³-hybridized carbons (Fsp3) is 0.524. The van der Waals surface area contributed by atoms with Crippen LogP contribution in [-0.2, 0) is 24.1 Å². The molecule has 3 aromatic rings.